The molecule has 0 atom stereocenters. The van der Waals surface area contributed by atoms with Crippen LogP contribution in [0, 0.1) is 12.3 Å². The van der Waals surface area contributed by atoms with Gasteiger partial charge >= 0.3 is 0 Å². The van der Waals surface area contributed by atoms with E-state index in [4.69, 9.17) is 29.6 Å². The summed E-state index contributed by atoms with van der Waals surface area (Å²) < 4.78 is 0. The average molecular weight is 194 g/mol. The fourth-order valence-corrected chi connectivity index (χ4v) is 0.508. The van der Waals surface area contributed by atoms with Gasteiger partial charge in [-0.3, -0.25) is 4.79 Å². The van der Waals surface area contributed by atoms with Gasteiger partial charge in [-0.15, -0.1) is 6.42 Å². The molecule has 0 fully saturated rings. The second-order valence-corrected chi connectivity index (χ2v) is 3.66. The number of hydrogen-bond donors (Lipinski definition) is 1. The smallest absolute Gasteiger partial charge is 0.254 e. The minimum atomic E-state index is -1.07. The first-order chi connectivity index (χ1) is 4.89. The second kappa shape index (κ2) is 3.85. The third-order valence-electron chi connectivity index (χ3n) is 0.995. The van der Waals surface area contributed by atoms with Crippen molar-refractivity contribution in [3.05, 3.63) is 0 Å². The zero-order valence-corrected chi connectivity index (χ0v) is 7.83. The molecule has 0 saturated heterocycles. The van der Waals surface area contributed by atoms with Crippen LogP contribution in [-0.4, -0.2) is 16.3 Å². The minimum Gasteiger partial charge on any atom is -0.338 e. The zero-order chi connectivity index (χ0) is 9.07. The maximum atomic E-state index is 10.8. The number of halogens is 2. The molecule has 62 valence electrons. The summed E-state index contributed by atoms with van der Waals surface area (Å²) in [6.45, 7) is 3.36. The van der Waals surface area contributed by atoms with Crippen molar-refractivity contribution < 1.29 is 4.79 Å². The van der Waals surface area contributed by atoms with Crippen molar-refractivity contribution in [2.24, 2.45) is 0 Å². The van der Waals surface area contributed by atoms with Crippen LogP contribution in [0.2, 0.25) is 0 Å². The van der Waals surface area contributed by atoms with Crippen molar-refractivity contribution in [1.82, 2.24) is 5.32 Å². The number of nitrogens with one attached hydrogen (secondary N) is 1. The van der Waals surface area contributed by atoms with Gasteiger partial charge in [0.2, 0.25) is 0 Å². The topological polar surface area (TPSA) is 29.1 Å². The summed E-state index contributed by atoms with van der Waals surface area (Å²) in [5, 5.41) is 2.47. The van der Waals surface area contributed by atoms with E-state index in [1.54, 1.807) is 13.8 Å². The Balaban J connectivity index is 4.08. The normalized spacial score (nSPS) is 10.9. The molecule has 0 aromatic carbocycles. The lowest BCUT2D eigenvalue weighted by Crippen LogP contribution is -2.44. The SMILES string of the molecule is C#CC(C)(C)NC(=O)C(Cl)Cl. The molecule has 0 aliphatic heterocycles. The van der Waals surface area contributed by atoms with Gasteiger partial charge in [0.05, 0.1) is 5.54 Å². The van der Waals surface area contributed by atoms with Gasteiger partial charge in [0.25, 0.3) is 5.91 Å². The van der Waals surface area contributed by atoms with Crippen LogP contribution in [-0.2, 0) is 4.79 Å². The summed E-state index contributed by atoms with van der Waals surface area (Å²) in [4.78, 5) is 9.78. The van der Waals surface area contributed by atoms with Gasteiger partial charge in [0.1, 0.15) is 0 Å². The van der Waals surface area contributed by atoms with E-state index in [2.05, 4.69) is 11.2 Å². The molecule has 1 amide bonds. The molecule has 0 bridgehead atoms. The predicted octanol–water partition coefficient (Wildman–Crippen LogP) is 1.32. The van der Waals surface area contributed by atoms with Crippen LogP contribution in [0.25, 0.3) is 0 Å². The van der Waals surface area contributed by atoms with E-state index < -0.39 is 16.3 Å². The van der Waals surface area contributed by atoms with Crippen molar-refractivity contribution in [2.45, 2.75) is 24.2 Å². The fourth-order valence-electron chi connectivity index (χ4n) is 0.399. The van der Waals surface area contributed by atoms with Crippen LogP contribution in [0.5, 0.6) is 0 Å². The lowest BCUT2D eigenvalue weighted by molar-refractivity contribution is -0.120. The first kappa shape index (κ1) is 10.6. The Labute approximate surface area is 76.2 Å². The Kier molecular flexibility index (Phi) is 3.71. The summed E-state index contributed by atoms with van der Waals surface area (Å²) in [6, 6.07) is 0. The van der Waals surface area contributed by atoms with E-state index in [0.29, 0.717) is 0 Å². The van der Waals surface area contributed by atoms with Crippen LogP contribution in [0.3, 0.4) is 0 Å². The Hall–Kier alpha value is -0.390. The number of hydrogen-bond acceptors (Lipinski definition) is 1. The number of carbonyl (C=O) groups is 1. The molecule has 0 aliphatic rings. The Morgan fingerprint density at radius 2 is 2.09 bits per heavy atom. The first-order valence-electron chi connectivity index (χ1n) is 2.97. The van der Waals surface area contributed by atoms with E-state index in [-0.39, 0.29) is 0 Å². The maximum absolute atomic E-state index is 10.8. The molecule has 0 aromatic heterocycles. The summed E-state index contributed by atoms with van der Waals surface area (Å²) >= 11 is 10.6. The monoisotopic (exact) mass is 193 g/mol. The molecule has 4 heteroatoms. The molecule has 0 aromatic rings. The number of terminal acetylenes is 1. The molecular weight excluding hydrogens is 185 g/mol. The van der Waals surface area contributed by atoms with Gasteiger partial charge < -0.3 is 5.32 Å². The third kappa shape index (κ3) is 4.13. The van der Waals surface area contributed by atoms with Crippen molar-refractivity contribution in [2.75, 3.05) is 0 Å². The van der Waals surface area contributed by atoms with Gasteiger partial charge in [-0.25, -0.2) is 0 Å². The lowest BCUT2D eigenvalue weighted by atomic mass is 10.1. The molecule has 2 nitrogen and oxygen atoms in total. The summed E-state index contributed by atoms with van der Waals surface area (Å²) in [5.41, 5.74) is -0.695. The van der Waals surface area contributed by atoms with Gasteiger partial charge in [-0.05, 0) is 13.8 Å². The molecule has 0 rings (SSSR count). The second-order valence-electron chi connectivity index (χ2n) is 2.56. The lowest BCUT2D eigenvalue weighted by Gasteiger charge is -2.19. The molecule has 0 heterocycles. The number of amides is 1. The standard InChI is InChI=1S/C7H9Cl2NO/c1-4-7(2,3)10-6(11)5(8)9/h1,5H,2-3H3,(H,10,11). The van der Waals surface area contributed by atoms with Gasteiger partial charge in [-0.1, -0.05) is 29.1 Å². The molecule has 0 radical (unpaired) electrons. The van der Waals surface area contributed by atoms with E-state index in [9.17, 15) is 4.79 Å². The van der Waals surface area contributed by atoms with Crippen LogP contribution in [0.4, 0.5) is 0 Å². The Morgan fingerprint density at radius 1 is 1.64 bits per heavy atom. The van der Waals surface area contributed by atoms with Crippen LogP contribution >= 0.6 is 23.2 Å². The quantitative estimate of drug-likeness (QED) is 0.521. The number of alkyl halides is 2. The first-order valence-corrected chi connectivity index (χ1v) is 3.84. The van der Waals surface area contributed by atoms with Crippen molar-refractivity contribution in [3.8, 4) is 12.3 Å². The van der Waals surface area contributed by atoms with Gasteiger partial charge in [-0.2, -0.15) is 0 Å². The van der Waals surface area contributed by atoms with E-state index in [1.165, 1.54) is 0 Å². The highest BCUT2D eigenvalue weighted by molar-refractivity contribution is 6.53. The predicted molar refractivity (Wildman–Crippen MR) is 46.5 cm³/mol. The summed E-state index contributed by atoms with van der Waals surface area (Å²) in [5.74, 6) is 1.90. The third-order valence-corrected chi connectivity index (χ3v) is 1.39. The molecule has 0 spiro atoms. The molecule has 11 heavy (non-hydrogen) atoms. The summed E-state index contributed by atoms with van der Waals surface area (Å²) in [7, 11) is 0. The largest absolute Gasteiger partial charge is 0.338 e. The average Bonchev–Trinajstić information content (AvgIpc) is 1.87. The highest BCUT2D eigenvalue weighted by Crippen LogP contribution is 2.05. The molecule has 0 unspecified atom stereocenters. The Bertz CT molecular complexity index is 193. The number of carbonyl (C=O) groups excluding carboxylic acids is 1. The van der Waals surface area contributed by atoms with Gasteiger partial charge in [0.15, 0.2) is 4.84 Å². The Morgan fingerprint density at radius 3 is 2.36 bits per heavy atom. The van der Waals surface area contributed by atoms with E-state index in [1.807, 2.05) is 0 Å². The minimum absolute atomic E-state index is 0.476. The van der Waals surface area contributed by atoms with Crippen molar-refractivity contribution >= 4 is 29.1 Å². The number of rotatable bonds is 2. The zero-order valence-electron chi connectivity index (χ0n) is 6.32. The highest BCUT2D eigenvalue weighted by atomic mass is 35.5. The molecule has 0 saturated carbocycles. The van der Waals surface area contributed by atoms with E-state index >= 15 is 0 Å². The van der Waals surface area contributed by atoms with Crippen molar-refractivity contribution in [3.63, 3.8) is 0 Å². The van der Waals surface area contributed by atoms with E-state index in [0.717, 1.165) is 0 Å². The maximum Gasteiger partial charge on any atom is 0.254 e. The molecule has 1 N–H and O–H groups in total. The van der Waals surface area contributed by atoms with Crippen molar-refractivity contribution in [1.29, 1.82) is 0 Å². The van der Waals surface area contributed by atoms with Gasteiger partial charge in [0, 0.05) is 0 Å². The molecular formula is C7H9Cl2NO. The van der Waals surface area contributed by atoms with Crippen LogP contribution in [0.15, 0.2) is 0 Å². The van der Waals surface area contributed by atoms with Crippen LogP contribution in [0.1, 0.15) is 13.8 Å². The highest BCUT2D eigenvalue weighted by Gasteiger charge is 2.20. The van der Waals surface area contributed by atoms with Crippen LogP contribution < -0.4 is 5.32 Å². The molecule has 0 aliphatic carbocycles. The fraction of sp³-hybridized carbons (Fsp3) is 0.571. The summed E-state index contributed by atoms with van der Waals surface area (Å²) in [6.07, 6.45) is 5.10.